The number of hydrogen-bond acceptors (Lipinski definition) is 5. The zero-order valence-corrected chi connectivity index (χ0v) is 15.3. The van der Waals surface area contributed by atoms with Gasteiger partial charge in [0.2, 0.25) is 0 Å². The predicted octanol–water partition coefficient (Wildman–Crippen LogP) is 2.36. The molecule has 138 valence electrons. The maximum absolute atomic E-state index is 12.6. The van der Waals surface area contributed by atoms with Gasteiger partial charge in [0.15, 0.2) is 11.8 Å². The lowest BCUT2D eigenvalue weighted by Crippen LogP contribution is -2.42. The molecule has 0 fully saturated rings. The number of para-hydroxylation sites is 1. The molecule has 27 heavy (non-hydrogen) atoms. The van der Waals surface area contributed by atoms with Gasteiger partial charge in [0.05, 0.1) is 5.56 Å². The monoisotopic (exact) mass is 363 g/mol. The summed E-state index contributed by atoms with van der Waals surface area (Å²) in [5.41, 5.74) is 1.18. The molecule has 0 aliphatic rings. The largest absolute Gasteiger partial charge is 0.479 e. The second kappa shape index (κ2) is 8.32. The van der Waals surface area contributed by atoms with Crippen molar-refractivity contribution in [3.05, 3.63) is 60.0 Å². The average Bonchev–Trinajstić information content (AvgIpc) is 3.09. The molecule has 3 rings (SSSR count). The summed E-state index contributed by atoms with van der Waals surface area (Å²) in [4.78, 5) is 12.6. The van der Waals surface area contributed by atoms with E-state index in [4.69, 9.17) is 4.74 Å². The Labute approximate surface area is 157 Å². The van der Waals surface area contributed by atoms with Crippen molar-refractivity contribution in [2.45, 2.75) is 26.4 Å². The normalized spacial score (nSPS) is 11.9. The topological polar surface area (TPSA) is 92.3 Å². The SMILES string of the molecule is CC(C)C(Oc1ccccc1C#N)C(=O)NCCc1nnc2ccccn12. The van der Waals surface area contributed by atoms with E-state index in [-0.39, 0.29) is 11.8 Å². The van der Waals surface area contributed by atoms with Gasteiger partial charge in [-0.05, 0) is 30.2 Å². The summed E-state index contributed by atoms with van der Waals surface area (Å²) in [5, 5.41) is 20.3. The number of fused-ring (bicyclic) bond motifs is 1. The van der Waals surface area contributed by atoms with Gasteiger partial charge in [-0.25, -0.2) is 0 Å². The van der Waals surface area contributed by atoms with Crippen LogP contribution in [0, 0.1) is 17.2 Å². The molecular weight excluding hydrogens is 342 g/mol. The maximum Gasteiger partial charge on any atom is 0.261 e. The van der Waals surface area contributed by atoms with Crippen molar-refractivity contribution >= 4 is 11.6 Å². The van der Waals surface area contributed by atoms with Crippen molar-refractivity contribution in [2.24, 2.45) is 5.92 Å². The fraction of sp³-hybridized carbons (Fsp3) is 0.300. The first-order valence-electron chi connectivity index (χ1n) is 8.82. The number of hydrogen-bond donors (Lipinski definition) is 1. The Morgan fingerprint density at radius 2 is 2.00 bits per heavy atom. The van der Waals surface area contributed by atoms with Crippen LogP contribution in [-0.4, -0.2) is 33.2 Å². The summed E-state index contributed by atoms with van der Waals surface area (Å²) >= 11 is 0. The number of rotatable bonds is 7. The molecule has 7 nitrogen and oxygen atoms in total. The third-order valence-electron chi connectivity index (χ3n) is 4.16. The number of carbonyl (C=O) groups excluding carboxylic acids is 1. The fourth-order valence-electron chi connectivity index (χ4n) is 2.75. The number of pyridine rings is 1. The van der Waals surface area contributed by atoms with Crippen LogP contribution in [0.1, 0.15) is 25.2 Å². The minimum Gasteiger partial charge on any atom is -0.479 e. The number of nitriles is 1. The number of benzene rings is 1. The highest BCUT2D eigenvalue weighted by atomic mass is 16.5. The fourth-order valence-corrected chi connectivity index (χ4v) is 2.75. The quantitative estimate of drug-likeness (QED) is 0.696. The van der Waals surface area contributed by atoms with Gasteiger partial charge < -0.3 is 10.1 Å². The number of nitrogens with zero attached hydrogens (tertiary/aromatic N) is 4. The lowest BCUT2D eigenvalue weighted by atomic mass is 10.1. The van der Waals surface area contributed by atoms with E-state index in [9.17, 15) is 10.1 Å². The Morgan fingerprint density at radius 1 is 1.22 bits per heavy atom. The van der Waals surface area contributed by atoms with E-state index in [1.165, 1.54) is 0 Å². The highest BCUT2D eigenvalue weighted by molar-refractivity contribution is 5.81. The summed E-state index contributed by atoms with van der Waals surface area (Å²) in [6, 6.07) is 14.7. The van der Waals surface area contributed by atoms with Gasteiger partial charge in [0.25, 0.3) is 5.91 Å². The third kappa shape index (κ3) is 4.23. The second-order valence-electron chi connectivity index (χ2n) is 6.48. The molecule has 1 aromatic carbocycles. The zero-order chi connectivity index (χ0) is 19.2. The van der Waals surface area contributed by atoms with E-state index in [2.05, 4.69) is 21.6 Å². The Bertz CT molecular complexity index is 974. The lowest BCUT2D eigenvalue weighted by molar-refractivity contribution is -0.129. The highest BCUT2D eigenvalue weighted by Gasteiger charge is 2.25. The molecule has 0 aliphatic heterocycles. The van der Waals surface area contributed by atoms with Crippen molar-refractivity contribution in [2.75, 3.05) is 6.54 Å². The minimum atomic E-state index is -0.686. The number of aromatic nitrogens is 3. The average molecular weight is 363 g/mol. The van der Waals surface area contributed by atoms with Crippen LogP contribution in [0.2, 0.25) is 0 Å². The number of nitrogens with one attached hydrogen (secondary N) is 1. The predicted molar refractivity (Wildman–Crippen MR) is 100 cm³/mol. The first kappa shape index (κ1) is 18.4. The van der Waals surface area contributed by atoms with Crippen molar-refractivity contribution in [1.82, 2.24) is 19.9 Å². The molecule has 0 aliphatic carbocycles. The molecule has 3 aromatic rings. The Morgan fingerprint density at radius 3 is 2.78 bits per heavy atom. The molecule has 1 amide bonds. The first-order chi connectivity index (χ1) is 13.1. The van der Waals surface area contributed by atoms with Crippen LogP contribution in [0.5, 0.6) is 5.75 Å². The highest BCUT2D eigenvalue weighted by Crippen LogP contribution is 2.20. The Kier molecular flexibility index (Phi) is 5.67. The smallest absolute Gasteiger partial charge is 0.261 e. The van der Waals surface area contributed by atoms with Gasteiger partial charge in [-0.3, -0.25) is 9.20 Å². The summed E-state index contributed by atoms with van der Waals surface area (Å²) in [6.07, 6.45) is 1.76. The zero-order valence-electron chi connectivity index (χ0n) is 15.3. The summed E-state index contributed by atoms with van der Waals surface area (Å²) in [6.45, 7) is 4.23. The molecule has 2 aromatic heterocycles. The number of carbonyl (C=O) groups is 1. The van der Waals surface area contributed by atoms with Crippen LogP contribution in [0.15, 0.2) is 48.7 Å². The maximum atomic E-state index is 12.6. The molecule has 2 heterocycles. The molecule has 0 bridgehead atoms. The summed E-state index contributed by atoms with van der Waals surface area (Å²) in [7, 11) is 0. The molecule has 0 saturated carbocycles. The number of ether oxygens (including phenoxy) is 1. The second-order valence-corrected chi connectivity index (χ2v) is 6.48. The van der Waals surface area contributed by atoms with Gasteiger partial charge in [-0.2, -0.15) is 5.26 Å². The van der Waals surface area contributed by atoms with Crippen LogP contribution in [0.3, 0.4) is 0 Å². The third-order valence-corrected chi connectivity index (χ3v) is 4.16. The van der Waals surface area contributed by atoms with E-state index in [0.717, 1.165) is 11.5 Å². The molecule has 1 unspecified atom stereocenters. The van der Waals surface area contributed by atoms with Crippen molar-refractivity contribution in [3.8, 4) is 11.8 Å². The van der Waals surface area contributed by atoms with Crippen LogP contribution in [0.25, 0.3) is 5.65 Å². The van der Waals surface area contributed by atoms with E-state index in [1.807, 2.05) is 42.6 Å². The van der Waals surface area contributed by atoms with Crippen molar-refractivity contribution in [3.63, 3.8) is 0 Å². The Hall–Kier alpha value is -3.40. The van der Waals surface area contributed by atoms with Gasteiger partial charge in [0, 0.05) is 19.2 Å². The standard InChI is InChI=1S/C20H21N5O2/c1-14(2)19(27-16-8-4-3-7-15(16)13-21)20(26)22-11-10-18-24-23-17-9-5-6-12-25(17)18/h3-9,12,14,19H,10-11H2,1-2H3,(H,22,26). The molecule has 7 heteroatoms. The van der Waals surface area contributed by atoms with E-state index >= 15 is 0 Å². The van der Waals surface area contributed by atoms with Crippen LogP contribution < -0.4 is 10.1 Å². The molecule has 1 N–H and O–H groups in total. The lowest BCUT2D eigenvalue weighted by Gasteiger charge is -2.22. The van der Waals surface area contributed by atoms with Crippen molar-refractivity contribution < 1.29 is 9.53 Å². The van der Waals surface area contributed by atoms with Gasteiger partial charge in [-0.1, -0.05) is 32.0 Å². The molecule has 0 radical (unpaired) electrons. The van der Waals surface area contributed by atoms with E-state index < -0.39 is 6.10 Å². The van der Waals surface area contributed by atoms with Crippen molar-refractivity contribution in [1.29, 1.82) is 5.26 Å². The van der Waals surface area contributed by atoms with E-state index in [0.29, 0.717) is 24.3 Å². The summed E-state index contributed by atoms with van der Waals surface area (Å²) < 4.78 is 7.74. The first-order valence-corrected chi connectivity index (χ1v) is 8.82. The minimum absolute atomic E-state index is 0.0503. The Balaban J connectivity index is 1.63. The molecule has 0 spiro atoms. The van der Waals surface area contributed by atoms with Gasteiger partial charge in [0.1, 0.15) is 17.6 Å². The van der Waals surface area contributed by atoms with Gasteiger partial charge >= 0.3 is 0 Å². The van der Waals surface area contributed by atoms with E-state index in [1.54, 1.807) is 24.3 Å². The molecule has 1 atom stereocenters. The molecular formula is C20H21N5O2. The van der Waals surface area contributed by atoms with Crippen LogP contribution in [0.4, 0.5) is 0 Å². The molecule has 0 saturated heterocycles. The van der Waals surface area contributed by atoms with Crippen LogP contribution >= 0.6 is 0 Å². The van der Waals surface area contributed by atoms with Gasteiger partial charge in [-0.15, -0.1) is 10.2 Å². The summed E-state index contributed by atoms with van der Waals surface area (Å²) in [5.74, 6) is 0.928. The van der Waals surface area contributed by atoms with Crippen LogP contribution in [-0.2, 0) is 11.2 Å². The number of amides is 1.